The highest BCUT2D eigenvalue weighted by atomic mass is 16.1. The fraction of sp³-hybridized carbons (Fsp3) is 0.750. The van der Waals surface area contributed by atoms with Crippen molar-refractivity contribution in [2.75, 3.05) is 0 Å². The smallest absolute Gasteiger partial charge is 0.126 e. The molecular weight excluding hydrogens is 64.0 g/mol. The first kappa shape index (κ1) is 8.82. The van der Waals surface area contributed by atoms with Gasteiger partial charge in [-0.15, -0.1) is 0 Å². The highest BCUT2D eigenvalue weighted by molar-refractivity contribution is 5.72. The van der Waals surface area contributed by atoms with Crippen molar-refractivity contribution in [1.29, 1.82) is 0 Å². The van der Waals surface area contributed by atoms with Crippen LogP contribution in [0.5, 0.6) is 0 Å². The number of carbonyl (C=O) groups excluding carboxylic acids is 1. The van der Waals surface area contributed by atoms with Crippen molar-refractivity contribution < 1.29 is 4.79 Å². The summed E-state index contributed by atoms with van der Waals surface area (Å²) >= 11 is 0. The second kappa shape index (κ2) is 3.67. The number of Topliss-reactive ketones (excluding diaryl/α,β-unsaturated/α-hetero) is 1. The minimum atomic E-state index is 0. The zero-order valence-electron chi connectivity index (χ0n) is 2.91. The maximum Gasteiger partial charge on any atom is 0.126 e. The van der Waals surface area contributed by atoms with Crippen LogP contribution in [-0.2, 0) is 4.79 Å². The maximum absolute atomic E-state index is 9.44. The molecule has 0 saturated carbocycles. The van der Waals surface area contributed by atoms with Crippen LogP contribution in [0.15, 0.2) is 0 Å². The van der Waals surface area contributed by atoms with E-state index in [1.165, 1.54) is 13.8 Å². The third-order valence-corrected chi connectivity index (χ3v) is 0. The molecule has 0 aliphatic rings. The lowest BCUT2D eigenvalue weighted by molar-refractivity contribution is -0.114. The maximum atomic E-state index is 9.44. The molecule has 0 N–H and O–H groups in total. The van der Waals surface area contributed by atoms with Crippen molar-refractivity contribution in [2.24, 2.45) is 0 Å². The van der Waals surface area contributed by atoms with Crippen LogP contribution in [0, 0.1) is 0 Å². The van der Waals surface area contributed by atoms with Crippen molar-refractivity contribution in [1.82, 2.24) is 0 Å². The second-order valence-corrected chi connectivity index (χ2v) is 0.908. The van der Waals surface area contributed by atoms with E-state index in [4.69, 9.17) is 0 Å². The standard InChI is InChI=1S/C3H6O.CH4/c1-3(2)4;/h1-2H3;1H4. The molecule has 32 valence electrons. The molecule has 0 bridgehead atoms. The minimum absolute atomic E-state index is 0. The van der Waals surface area contributed by atoms with Gasteiger partial charge in [-0.25, -0.2) is 0 Å². The molecule has 0 radical (unpaired) electrons. The molecule has 0 heterocycles. The Morgan fingerprint density at radius 1 is 1.40 bits per heavy atom. The Labute approximate surface area is 33.0 Å². The van der Waals surface area contributed by atoms with Gasteiger partial charge >= 0.3 is 0 Å². The molecule has 0 aliphatic carbocycles. The highest BCUT2D eigenvalue weighted by Gasteiger charge is 1.62. The number of hydrogen-bond donors (Lipinski definition) is 0. The van der Waals surface area contributed by atoms with Crippen molar-refractivity contribution in [2.45, 2.75) is 21.3 Å². The van der Waals surface area contributed by atoms with E-state index in [2.05, 4.69) is 0 Å². The Morgan fingerprint density at radius 3 is 1.40 bits per heavy atom. The molecule has 0 aromatic carbocycles. The van der Waals surface area contributed by atoms with Gasteiger partial charge in [0.15, 0.2) is 0 Å². The van der Waals surface area contributed by atoms with Gasteiger partial charge < -0.3 is 4.79 Å². The molecule has 5 heavy (non-hydrogen) atoms. The van der Waals surface area contributed by atoms with Crippen LogP contribution in [-0.4, -0.2) is 5.78 Å². The molecule has 0 saturated heterocycles. The van der Waals surface area contributed by atoms with Gasteiger partial charge in [0.2, 0.25) is 0 Å². The molecule has 0 amide bonds. The number of carbonyl (C=O) groups is 1. The topological polar surface area (TPSA) is 17.1 Å². The molecule has 0 aliphatic heterocycles. The minimum Gasteiger partial charge on any atom is -0.300 e. The molecule has 0 atom stereocenters. The lowest BCUT2D eigenvalue weighted by Gasteiger charge is -1.56. The van der Waals surface area contributed by atoms with Gasteiger partial charge in [0.05, 0.1) is 0 Å². The molecule has 0 rings (SSSR count). The third-order valence-electron chi connectivity index (χ3n) is 0. The Balaban J connectivity index is 0. The first-order chi connectivity index (χ1) is 1.73. The summed E-state index contributed by atoms with van der Waals surface area (Å²) in [5, 5.41) is 0. The van der Waals surface area contributed by atoms with Crippen molar-refractivity contribution in [3.8, 4) is 0 Å². The zero-order valence-corrected chi connectivity index (χ0v) is 2.91. The summed E-state index contributed by atoms with van der Waals surface area (Å²) in [7, 11) is 0. The Bertz CT molecular complexity index is 26.6. The normalized spacial score (nSPS) is 5.20. The third kappa shape index (κ3) is 94.0. The van der Waals surface area contributed by atoms with E-state index in [0.29, 0.717) is 0 Å². The molecule has 0 fully saturated rings. The Kier molecular flexibility index (Phi) is 6.48. The largest absolute Gasteiger partial charge is 0.300 e. The summed E-state index contributed by atoms with van der Waals surface area (Å²) in [5.41, 5.74) is 0. The van der Waals surface area contributed by atoms with Crippen LogP contribution in [0.25, 0.3) is 0 Å². The molecule has 0 aromatic rings. The molecular formula is C4H10O. The lowest BCUT2D eigenvalue weighted by atomic mass is 10.6. The van der Waals surface area contributed by atoms with E-state index < -0.39 is 0 Å². The van der Waals surface area contributed by atoms with Gasteiger partial charge in [-0.3, -0.25) is 0 Å². The Hall–Kier alpha value is -0.330. The second-order valence-electron chi connectivity index (χ2n) is 0.908. The van der Waals surface area contributed by atoms with Crippen LogP contribution >= 0.6 is 0 Å². The van der Waals surface area contributed by atoms with E-state index in [9.17, 15) is 4.79 Å². The van der Waals surface area contributed by atoms with Crippen molar-refractivity contribution >= 4 is 5.78 Å². The monoisotopic (exact) mass is 74.1 g/mol. The van der Waals surface area contributed by atoms with Gasteiger partial charge in [-0.1, -0.05) is 7.43 Å². The molecule has 0 aromatic heterocycles. The first-order valence-corrected chi connectivity index (χ1v) is 1.20. The number of hydrogen-bond acceptors (Lipinski definition) is 1. The van der Waals surface area contributed by atoms with Crippen molar-refractivity contribution in [3.05, 3.63) is 0 Å². The fourth-order valence-corrected chi connectivity index (χ4v) is 0. The van der Waals surface area contributed by atoms with Crippen LogP contribution in [0.4, 0.5) is 0 Å². The predicted molar refractivity (Wildman–Crippen MR) is 23.1 cm³/mol. The average molecular weight is 74.1 g/mol. The van der Waals surface area contributed by atoms with E-state index in [1.807, 2.05) is 0 Å². The summed E-state index contributed by atoms with van der Waals surface area (Å²) in [6.07, 6.45) is 0. The van der Waals surface area contributed by atoms with Gasteiger partial charge in [-0.2, -0.15) is 0 Å². The molecule has 0 spiro atoms. The van der Waals surface area contributed by atoms with E-state index in [-0.39, 0.29) is 13.2 Å². The van der Waals surface area contributed by atoms with E-state index >= 15 is 0 Å². The molecule has 1 nitrogen and oxygen atoms in total. The fourth-order valence-electron chi connectivity index (χ4n) is 0. The van der Waals surface area contributed by atoms with Crippen LogP contribution in [0.1, 0.15) is 21.3 Å². The summed E-state index contributed by atoms with van der Waals surface area (Å²) in [6.45, 7) is 3.06. The van der Waals surface area contributed by atoms with E-state index in [1.54, 1.807) is 0 Å². The quantitative estimate of drug-likeness (QED) is 0.422. The SMILES string of the molecule is C.CC(C)=O. The van der Waals surface area contributed by atoms with Crippen molar-refractivity contribution in [3.63, 3.8) is 0 Å². The van der Waals surface area contributed by atoms with Gasteiger partial charge in [0.25, 0.3) is 0 Å². The summed E-state index contributed by atoms with van der Waals surface area (Å²) in [6, 6.07) is 0. The molecule has 1 heteroatoms. The van der Waals surface area contributed by atoms with Crippen LogP contribution in [0.3, 0.4) is 0 Å². The van der Waals surface area contributed by atoms with Gasteiger partial charge in [0.1, 0.15) is 5.78 Å². The van der Waals surface area contributed by atoms with Crippen LogP contribution in [0.2, 0.25) is 0 Å². The lowest BCUT2D eigenvalue weighted by Crippen LogP contribution is -1.69. The summed E-state index contributed by atoms with van der Waals surface area (Å²) < 4.78 is 0. The number of rotatable bonds is 0. The predicted octanol–water partition coefficient (Wildman–Crippen LogP) is 1.23. The highest BCUT2D eigenvalue weighted by Crippen LogP contribution is 1.50. The summed E-state index contributed by atoms with van der Waals surface area (Å²) in [4.78, 5) is 9.44. The zero-order chi connectivity index (χ0) is 3.58. The van der Waals surface area contributed by atoms with Gasteiger partial charge in [-0.05, 0) is 13.8 Å². The van der Waals surface area contributed by atoms with Crippen LogP contribution < -0.4 is 0 Å². The average Bonchev–Trinajstić information content (AvgIpc) is 0.811. The summed E-state index contributed by atoms with van der Waals surface area (Å²) in [5.74, 6) is 0.167. The number of ketones is 1. The Morgan fingerprint density at radius 2 is 1.40 bits per heavy atom. The molecule has 0 unspecified atom stereocenters. The van der Waals surface area contributed by atoms with E-state index in [0.717, 1.165) is 0 Å². The van der Waals surface area contributed by atoms with Gasteiger partial charge in [0, 0.05) is 0 Å². The first-order valence-electron chi connectivity index (χ1n) is 1.20.